The predicted molar refractivity (Wildman–Crippen MR) is 52.0 cm³/mol. The van der Waals surface area contributed by atoms with Gasteiger partial charge in [-0.1, -0.05) is 26.2 Å². The normalized spacial score (nSPS) is 12.4. The van der Waals surface area contributed by atoms with E-state index in [-0.39, 0.29) is 12.2 Å². The summed E-state index contributed by atoms with van der Waals surface area (Å²) in [5, 5.41) is 17.4. The minimum absolute atomic E-state index is 0.286. The number of hydrogen-bond acceptors (Lipinski definition) is 3. The van der Waals surface area contributed by atoms with Crippen LogP contribution in [0.5, 0.6) is 0 Å². The third kappa shape index (κ3) is 6.60. The molecule has 0 unspecified atom stereocenters. The van der Waals surface area contributed by atoms with Crippen molar-refractivity contribution in [2.75, 3.05) is 0 Å². The van der Waals surface area contributed by atoms with Crippen LogP contribution < -0.4 is 0 Å². The summed E-state index contributed by atoms with van der Waals surface area (Å²) in [4.78, 5) is 21.3. The number of hydrogen-bond donors (Lipinski definition) is 2. The second kappa shape index (κ2) is 7.50. The number of carboxylic acid groups (broad SMARTS) is 1. The molecule has 2 N–H and O–H groups in total. The molecule has 14 heavy (non-hydrogen) atoms. The molecular formula is C10H18O4. The minimum Gasteiger partial charge on any atom is -0.481 e. The highest BCUT2D eigenvalue weighted by Crippen LogP contribution is 2.06. The topological polar surface area (TPSA) is 74.6 Å². The SMILES string of the molecule is CCCCCCC(=O)[C@@H](O)CC(=O)O. The Morgan fingerprint density at radius 1 is 1.21 bits per heavy atom. The van der Waals surface area contributed by atoms with Gasteiger partial charge in [0.05, 0.1) is 6.42 Å². The van der Waals surface area contributed by atoms with Crippen LogP contribution >= 0.6 is 0 Å². The van der Waals surface area contributed by atoms with Crippen molar-refractivity contribution < 1.29 is 19.8 Å². The number of aliphatic carboxylic acids is 1. The van der Waals surface area contributed by atoms with Crippen LogP contribution in [-0.4, -0.2) is 28.1 Å². The highest BCUT2D eigenvalue weighted by atomic mass is 16.4. The van der Waals surface area contributed by atoms with E-state index in [0.29, 0.717) is 0 Å². The minimum atomic E-state index is -1.32. The van der Waals surface area contributed by atoms with E-state index in [0.717, 1.165) is 25.7 Å². The van der Waals surface area contributed by atoms with E-state index in [1.165, 1.54) is 0 Å². The van der Waals surface area contributed by atoms with Crippen molar-refractivity contribution in [3.05, 3.63) is 0 Å². The molecule has 0 aromatic heterocycles. The van der Waals surface area contributed by atoms with Crippen LogP contribution in [0.15, 0.2) is 0 Å². The van der Waals surface area contributed by atoms with Crippen LogP contribution in [0.2, 0.25) is 0 Å². The number of carbonyl (C=O) groups excluding carboxylic acids is 1. The Morgan fingerprint density at radius 2 is 1.86 bits per heavy atom. The van der Waals surface area contributed by atoms with Gasteiger partial charge in [-0.05, 0) is 6.42 Å². The summed E-state index contributed by atoms with van der Waals surface area (Å²) < 4.78 is 0. The van der Waals surface area contributed by atoms with Gasteiger partial charge in [-0.25, -0.2) is 0 Å². The summed E-state index contributed by atoms with van der Waals surface area (Å²) in [7, 11) is 0. The van der Waals surface area contributed by atoms with Gasteiger partial charge in [-0.3, -0.25) is 9.59 Å². The number of carboxylic acids is 1. The molecule has 0 spiro atoms. The van der Waals surface area contributed by atoms with Gasteiger partial charge in [0.1, 0.15) is 6.10 Å². The van der Waals surface area contributed by atoms with E-state index in [2.05, 4.69) is 6.92 Å². The van der Waals surface area contributed by atoms with Gasteiger partial charge in [0.15, 0.2) is 5.78 Å². The summed E-state index contributed by atoms with van der Waals surface area (Å²) in [6.07, 6.45) is 2.34. The smallest absolute Gasteiger partial charge is 0.306 e. The molecular weight excluding hydrogens is 184 g/mol. The van der Waals surface area contributed by atoms with E-state index in [9.17, 15) is 9.59 Å². The van der Waals surface area contributed by atoms with Crippen LogP contribution in [-0.2, 0) is 9.59 Å². The van der Waals surface area contributed by atoms with Crippen LogP contribution in [0.1, 0.15) is 45.4 Å². The third-order valence-electron chi connectivity index (χ3n) is 2.02. The first-order valence-electron chi connectivity index (χ1n) is 5.00. The van der Waals surface area contributed by atoms with Gasteiger partial charge in [0.25, 0.3) is 0 Å². The Morgan fingerprint density at radius 3 is 2.36 bits per heavy atom. The average molecular weight is 202 g/mol. The van der Waals surface area contributed by atoms with Crippen molar-refractivity contribution in [2.45, 2.75) is 51.6 Å². The van der Waals surface area contributed by atoms with Crippen LogP contribution in [0.3, 0.4) is 0 Å². The zero-order valence-corrected chi connectivity index (χ0v) is 8.53. The van der Waals surface area contributed by atoms with Crippen LogP contribution in [0.25, 0.3) is 0 Å². The Bertz CT molecular complexity index is 189. The zero-order valence-electron chi connectivity index (χ0n) is 8.53. The molecule has 0 radical (unpaired) electrons. The Balaban J connectivity index is 3.57. The highest BCUT2D eigenvalue weighted by Gasteiger charge is 2.17. The van der Waals surface area contributed by atoms with E-state index >= 15 is 0 Å². The maximum Gasteiger partial charge on any atom is 0.306 e. The van der Waals surface area contributed by atoms with Crippen molar-refractivity contribution in [3.8, 4) is 0 Å². The summed E-state index contributed by atoms with van der Waals surface area (Å²) in [6, 6.07) is 0. The van der Waals surface area contributed by atoms with E-state index < -0.39 is 18.5 Å². The summed E-state index contributed by atoms with van der Waals surface area (Å²) in [6.45, 7) is 2.07. The molecule has 4 heteroatoms. The Hall–Kier alpha value is -0.900. The Kier molecular flexibility index (Phi) is 7.02. The van der Waals surface area contributed by atoms with E-state index in [1.54, 1.807) is 0 Å². The monoisotopic (exact) mass is 202 g/mol. The summed E-state index contributed by atoms with van der Waals surface area (Å²) in [5.74, 6) is -1.50. The molecule has 4 nitrogen and oxygen atoms in total. The average Bonchev–Trinajstić information content (AvgIpc) is 2.11. The fourth-order valence-electron chi connectivity index (χ4n) is 1.17. The number of rotatable bonds is 8. The van der Waals surface area contributed by atoms with Crippen molar-refractivity contribution in [3.63, 3.8) is 0 Å². The molecule has 0 aliphatic rings. The van der Waals surface area contributed by atoms with Gasteiger partial charge >= 0.3 is 5.97 Å². The lowest BCUT2D eigenvalue weighted by molar-refractivity contribution is -0.143. The number of aliphatic hydroxyl groups is 1. The van der Waals surface area contributed by atoms with Crippen molar-refractivity contribution >= 4 is 11.8 Å². The Labute approximate surface area is 83.9 Å². The maximum atomic E-state index is 11.1. The first-order valence-corrected chi connectivity index (χ1v) is 5.00. The molecule has 0 aromatic carbocycles. The number of aliphatic hydroxyl groups excluding tert-OH is 1. The lowest BCUT2D eigenvalue weighted by atomic mass is 10.1. The second-order valence-corrected chi connectivity index (χ2v) is 3.39. The molecule has 0 bridgehead atoms. The van der Waals surface area contributed by atoms with Crippen LogP contribution in [0, 0.1) is 0 Å². The van der Waals surface area contributed by atoms with E-state index in [4.69, 9.17) is 10.2 Å². The molecule has 0 heterocycles. The molecule has 0 aromatic rings. The molecule has 0 aliphatic carbocycles. The number of unbranched alkanes of at least 4 members (excludes halogenated alkanes) is 3. The molecule has 0 rings (SSSR count). The predicted octanol–water partition coefficient (Wildman–Crippen LogP) is 1.36. The number of ketones is 1. The van der Waals surface area contributed by atoms with Gasteiger partial charge < -0.3 is 10.2 Å². The number of Topliss-reactive ketones (excluding diaryl/α,β-unsaturated/α-hetero) is 1. The fraction of sp³-hybridized carbons (Fsp3) is 0.800. The van der Waals surface area contributed by atoms with Crippen molar-refractivity contribution in [1.82, 2.24) is 0 Å². The molecule has 0 saturated carbocycles. The van der Waals surface area contributed by atoms with Crippen LogP contribution in [0.4, 0.5) is 0 Å². The van der Waals surface area contributed by atoms with Crippen molar-refractivity contribution in [1.29, 1.82) is 0 Å². The third-order valence-corrected chi connectivity index (χ3v) is 2.02. The largest absolute Gasteiger partial charge is 0.481 e. The van der Waals surface area contributed by atoms with Gasteiger partial charge in [0.2, 0.25) is 0 Å². The van der Waals surface area contributed by atoms with Gasteiger partial charge in [-0.2, -0.15) is 0 Å². The first kappa shape index (κ1) is 13.1. The van der Waals surface area contributed by atoms with Gasteiger partial charge in [-0.15, -0.1) is 0 Å². The molecule has 0 fully saturated rings. The lowest BCUT2D eigenvalue weighted by Crippen LogP contribution is -2.23. The fourth-order valence-corrected chi connectivity index (χ4v) is 1.17. The molecule has 0 aliphatic heterocycles. The van der Waals surface area contributed by atoms with E-state index in [1.807, 2.05) is 0 Å². The zero-order chi connectivity index (χ0) is 11.0. The number of carbonyl (C=O) groups is 2. The molecule has 0 amide bonds. The molecule has 82 valence electrons. The molecule has 0 saturated heterocycles. The quantitative estimate of drug-likeness (QED) is 0.583. The first-order chi connectivity index (χ1) is 6.57. The maximum absolute atomic E-state index is 11.1. The second-order valence-electron chi connectivity index (χ2n) is 3.39. The van der Waals surface area contributed by atoms with Gasteiger partial charge in [0, 0.05) is 6.42 Å². The summed E-state index contributed by atoms with van der Waals surface area (Å²) >= 11 is 0. The lowest BCUT2D eigenvalue weighted by Gasteiger charge is -2.05. The molecule has 1 atom stereocenters. The summed E-state index contributed by atoms with van der Waals surface area (Å²) in [5.41, 5.74) is 0. The van der Waals surface area contributed by atoms with Crippen molar-refractivity contribution in [2.24, 2.45) is 0 Å². The standard InChI is InChI=1S/C10H18O4/c1-2-3-4-5-6-8(11)9(12)7-10(13)14/h9,12H,2-7H2,1H3,(H,13,14)/t9-/m0/s1. The highest BCUT2D eigenvalue weighted by molar-refractivity contribution is 5.86.